The van der Waals surface area contributed by atoms with Gasteiger partial charge in [-0.2, -0.15) is 0 Å². The van der Waals surface area contributed by atoms with Gasteiger partial charge in [0.2, 0.25) is 0 Å². The number of Topliss-reactive ketones (excluding diaryl/α,β-unsaturated/α-hetero) is 1. The molecule has 5 heteroatoms. The van der Waals surface area contributed by atoms with Gasteiger partial charge in [-0.05, 0) is 30.5 Å². The van der Waals surface area contributed by atoms with E-state index in [9.17, 15) is 14.7 Å². The number of ether oxygens (including phenoxy) is 1. The Morgan fingerprint density at radius 1 is 1.28 bits per heavy atom. The molecule has 0 spiro atoms. The Morgan fingerprint density at radius 3 is 2.60 bits per heavy atom. The van der Waals surface area contributed by atoms with Crippen LogP contribution in [0.4, 0.5) is 0 Å². The number of hydrogen-bond acceptors (Lipinski definition) is 4. The van der Waals surface area contributed by atoms with E-state index in [-0.39, 0.29) is 17.3 Å². The first-order valence-electron chi connectivity index (χ1n) is 8.93. The average molecular weight is 345 g/mol. The maximum atomic E-state index is 12.7. The van der Waals surface area contributed by atoms with E-state index in [1.165, 1.54) is 0 Å². The van der Waals surface area contributed by atoms with Gasteiger partial charge in [0.25, 0.3) is 5.91 Å². The summed E-state index contributed by atoms with van der Waals surface area (Å²) in [7, 11) is 0. The van der Waals surface area contributed by atoms with Gasteiger partial charge in [0.1, 0.15) is 5.75 Å². The lowest BCUT2D eigenvalue weighted by atomic mass is 9.91. The number of hydrogen-bond donors (Lipinski definition) is 1. The van der Waals surface area contributed by atoms with Crippen molar-refractivity contribution >= 4 is 11.7 Å². The van der Waals surface area contributed by atoms with Gasteiger partial charge >= 0.3 is 0 Å². The molecule has 1 heterocycles. The fourth-order valence-corrected chi connectivity index (χ4v) is 3.03. The molecule has 0 fully saturated rings. The molecule has 1 unspecified atom stereocenters. The molecule has 1 aromatic carbocycles. The predicted molar refractivity (Wildman–Crippen MR) is 96.5 cm³/mol. The van der Waals surface area contributed by atoms with Crippen molar-refractivity contribution in [2.24, 2.45) is 5.92 Å². The number of carbonyl (C=O) groups excluding carboxylic acids is 2. The Kier molecular flexibility index (Phi) is 6.23. The molecule has 2 rings (SSSR count). The van der Waals surface area contributed by atoms with Crippen LogP contribution in [0.2, 0.25) is 0 Å². The number of aliphatic hydroxyl groups is 1. The number of aliphatic hydroxyl groups excluding tert-OH is 1. The number of carbonyl (C=O) groups is 2. The van der Waals surface area contributed by atoms with Crippen molar-refractivity contribution in [3.8, 4) is 5.75 Å². The van der Waals surface area contributed by atoms with Crippen LogP contribution in [0.15, 0.2) is 35.6 Å². The highest BCUT2D eigenvalue weighted by atomic mass is 16.5. The summed E-state index contributed by atoms with van der Waals surface area (Å²) < 4.78 is 5.68. The Morgan fingerprint density at radius 2 is 2.00 bits per heavy atom. The molecule has 1 aliphatic rings. The highest BCUT2D eigenvalue weighted by Crippen LogP contribution is 2.39. The molecule has 1 aliphatic heterocycles. The number of amides is 1. The fraction of sp³-hybridized carbons (Fsp3) is 0.500. The Bertz CT molecular complexity index is 678. The summed E-state index contributed by atoms with van der Waals surface area (Å²) >= 11 is 0. The molecule has 0 saturated carbocycles. The highest BCUT2D eigenvalue weighted by molar-refractivity contribution is 6.09. The number of rotatable bonds is 8. The largest absolute Gasteiger partial charge is 0.503 e. The summed E-state index contributed by atoms with van der Waals surface area (Å²) in [4.78, 5) is 26.7. The van der Waals surface area contributed by atoms with Crippen molar-refractivity contribution in [1.82, 2.24) is 4.90 Å². The lowest BCUT2D eigenvalue weighted by molar-refractivity contribution is -0.129. The molecule has 136 valence electrons. The van der Waals surface area contributed by atoms with Gasteiger partial charge in [0.15, 0.2) is 11.5 Å². The third-order valence-corrected chi connectivity index (χ3v) is 4.20. The third-order valence-electron chi connectivity index (χ3n) is 4.20. The van der Waals surface area contributed by atoms with Crippen LogP contribution in [0.25, 0.3) is 0 Å². The minimum atomic E-state index is -0.562. The van der Waals surface area contributed by atoms with Gasteiger partial charge in [-0.1, -0.05) is 39.8 Å². The quantitative estimate of drug-likeness (QED) is 0.778. The molecule has 25 heavy (non-hydrogen) atoms. The van der Waals surface area contributed by atoms with Crippen LogP contribution >= 0.6 is 0 Å². The lowest BCUT2D eigenvalue weighted by Crippen LogP contribution is -2.32. The van der Waals surface area contributed by atoms with E-state index in [1.807, 2.05) is 38.1 Å². The molecule has 1 atom stereocenters. The second-order valence-electron chi connectivity index (χ2n) is 6.60. The van der Waals surface area contributed by atoms with Gasteiger partial charge in [0, 0.05) is 12.5 Å². The van der Waals surface area contributed by atoms with Crippen LogP contribution < -0.4 is 4.74 Å². The average Bonchev–Trinajstić information content (AvgIpc) is 2.84. The number of ketones is 1. The van der Waals surface area contributed by atoms with E-state index < -0.39 is 17.7 Å². The maximum Gasteiger partial charge on any atom is 0.290 e. The first-order chi connectivity index (χ1) is 11.9. The van der Waals surface area contributed by atoms with Crippen molar-refractivity contribution in [2.75, 3.05) is 13.2 Å². The van der Waals surface area contributed by atoms with Crippen LogP contribution in [0.3, 0.4) is 0 Å². The Hall–Kier alpha value is -2.30. The Balaban J connectivity index is 2.48. The monoisotopic (exact) mass is 345 g/mol. The molecule has 0 aromatic heterocycles. The minimum Gasteiger partial charge on any atom is -0.503 e. The van der Waals surface area contributed by atoms with Gasteiger partial charge in [-0.3, -0.25) is 9.59 Å². The van der Waals surface area contributed by atoms with Crippen molar-refractivity contribution < 1.29 is 19.4 Å². The summed E-state index contributed by atoms with van der Waals surface area (Å²) in [6.07, 6.45) is 1.64. The van der Waals surface area contributed by atoms with Crippen LogP contribution in [0, 0.1) is 5.92 Å². The first-order valence-corrected chi connectivity index (χ1v) is 8.93. The molecule has 1 N–H and O–H groups in total. The molecule has 0 radical (unpaired) electrons. The molecule has 5 nitrogen and oxygen atoms in total. The van der Waals surface area contributed by atoms with Gasteiger partial charge < -0.3 is 14.7 Å². The zero-order valence-electron chi connectivity index (χ0n) is 15.4. The van der Waals surface area contributed by atoms with E-state index in [0.717, 1.165) is 18.4 Å². The Labute approximate surface area is 149 Å². The SMILES string of the molecule is CCCOc1cccc(C2C(C(=O)C(C)C)=C(O)C(=O)N2CCC)c1. The van der Waals surface area contributed by atoms with Crippen LogP contribution in [-0.4, -0.2) is 34.8 Å². The zero-order valence-corrected chi connectivity index (χ0v) is 15.4. The lowest BCUT2D eigenvalue weighted by Gasteiger charge is -2.27. The highest BCUT2D eigenvalue weighted by Gasteiger charge is 2.43. The number of benzene rings is 1. The normalized spacial score (nSPS) is 17.6. The van der Waals surface area contributed by atoms with Crippen molar-refractivity contribution in [1.29, 1.82) is 0 Å². The van der Waals surface area contributed by atoms with Crippen LogP contribution in [-0.2, 0) is 9.59 Å². The van der Waals surface area contributed by atoms with Gasteiger partial charge in [-0.15, -0.1) is 0 Å². The summed E-state index contributed by atoms with van der Waals surface area (Å²) in [6, 6.07) is 6.86. The third kappa shape index (κ3) is 3.86. The molecule has 1 amide bonds. The van der Waals surface area contributed by atoms with Crippen molar-refractivity contribution in [3.05, 3.63) is 41.2 Å². The second-order valence-corrected chi connectivity index (χ2v) is 6.60. The van der Waals surface area contributed by atoms with E-state index in [2.05, 4.69) is 0 Å². The predicted octanol–water partition coefficient (Wildman–Crippen LogP) is 3.81. The molecule has 0 saturated heterocycles. The standard InChI is InChI=1S/C20H27NO4/c1-5-10-21-17(14-8-7-9-15(12-14)25-11-6-2)16(18(22)13(3)4)19(23)20(21)24/h7-9,12-13,17,23H,5-6,10-11H2,1-4H3. The van der Waals surface area contributed by atoms with Crippen molar-refractivity contribution in [2.45, 2.75) is 46.6 Å². The topological polar surface area (TPSA) is 66.8 Å². The molecule has 0 aliphatic carbocycles. The van der Waals surface area contributed by atoms with Crippen LogP contribution in [0.1, 0.15) is 52.1 Å². The molecular formula is C20H27NO4. The molecular weight excluding hydrogens is 318 g/mol. The zero-order chi connectivity index (χ0) is 18.6. The van der Waals surface area contributed by atoms with Gasteiger partial charge in [0.05, 0.1) is 18.2 Å². The van der Waals surface area contributed by atoms with E-state index in [4.69, 9.17) is 4.74 Å². The summed E-state index contributed by atoms with van der Waals surface area (Å²) in [6.45, 7) is 8.61. The molecule has 0 bridgehead atoms. The fourth-order valence-electron chi connectivity index (χ4n) is 3.03. The maximum absolute atomic E-state index is 12.7. The second kappa shape index (κ2) is 8.19. The van der Waals surface area contributed by atoms with Gasteiger partial charge in [-0.25, -0.2) is 0 Å². The van der Waals surface area contributed by atoms with Crippen LogP contribution in [0.5, 0.6) is 5.75 Å². The number of nitrogens with zero attached hydrogens (tertiary/aromatic N) is 1. The van der Waals surface area contributed by atoms with E-state index in [1.54, 1.807) is 18.7 Å². The summed E-state index contributed by atoms with van der Waals surface area (Å²) in [5.74, 6) is -0.693. The minimum absolute atomic E-state index is 0.195. The van der Waals surface area contributed by atoms with E-state index in [0.29, 0.717) is 18.9 Å². The van der Waals surface area contributed by atoms with E-state index >= 15 is 0 Å². The summed E-state index contributed by atoms with van der Waals surface area (Å²) in [5.41, 5.74) is 0.976. The van der Waals surface area contributed by atoms with Crippen molar-refractivity contribution in [3.63, 3.8) is 0 Å². The summed E-state index contributed by atoms with van der Waals surface area (Å²) in [5, 5.41) is 10.4. The molecule has 1 aromatic rings. The first kappa shape index (κ1) is 19.0. The smallest absolute Gasteiger partial charge is 0.290 e.